The molecule has 0 spiro atoms. The molecule has 0 aliphatic carbocycles. The Hall–Kier alpha value is -3.08. The number of pyridine rings is 1. The number of benzene rings is 2. The van der Waals surface area contributed by atoms with Crippen LogP contribution < -0.4 is 4.72 Å². The van der Waals surface area contributed by atoms with E-state index in [0.29, 0.717) is 10.5 Å². The highest BCUT2D eigenvalue weighted by molar-refractivity contribution is 7.86. The van der Waals surface area contributed by atoms with Crippen molar-refractivity contribution in [2.75, 3.05) is 4.72 Å². The number of aromatic nitrogens is 2. The van der Waals surface area contributed by atoms with Gasteiger partial charge in [-0.15, -0.1) is 11.3 Å². The van der Waals surface area contributed by atoms with Crippen molar-refractivity contribution in [3.63, 3.8) is 0 Å². The van der Waals surface area contributed by atoms with Crippen molar-refractivity contribution in [2.45, 2.75) is 4.90 Å². The predicted molar refractivity (Wildman–Crippen MR) is 104 cm³/mol. The van der Waals surface area contributed by atoms with Crippen LogP contribution in [-0.2, 0) is 11.0 Å². The topological polar surface area (TPSA) is 78.7 Å². The van der Waals surface area contributed by atoms with Crippen LogP contribution in [0.2, 0.25) is 0 Å². The maximum absolute atomic E-state index is 12.5. The Morgan fingerprint density at radius 1 is 1.12 bits per heavy atom. The van der Waals surface area contributed by atoms with E-state index in [1.807, 2.05) is 30.3 Å². The van der Waals surface area contributed by atoms with Gasteiger partial charge in [-0.25, -0.2) is 9.19 Å². The number of nitrogens with zero attached hydrogens (tertiary/aromatic N) is 3. The Morgan fingerprint density at radius 2 is 2.00 bits per heavy atom. The van der Waals surface area contributed by atoms with Crippen LogP contribution in [0.5, 0.6) is 0 Å². The molecule has 1 unspecified atom stereocenters. The first kappa shape index (κ1) is 16.4. The molecular formula is C19H12N4OS2. The lowest BCUT2D eigenvalue weighted by Gasteiger charge is -2.07. The lowest BCUT2D eigenvalue weighted by molar-refractivity contribution is 0.686. The molecule has 0 bridgehead atoms. The average Bonchev–Trinajstić information content (AvgIpc) is 3.12. The molecule has 1 N–H and O–H groups in total. The fourth-order valence-corrected chi connectivity index (χ4v) is 4.29. The third kappa shape index (κ3) is 3.33. The van der Waals surface area contributed by atoms with Gasteiger partial charge in [0.2, 0.25) is 0 Å². The van der Waals surface area contributed by atoms with Crippen molar-refractivity contribution in [3.8, 4) is 16.6 Å². The van der Waals surface area contributed by atoms with E-state index in [1.54, 1.807) is 48.0 Å². The van der Waals surface area contributed by atoms with E-state index in [2.05, 4.69) is 20.8 Å². The van der Waals surface area contributed by atoms with E-state index in [9.17, 15) is 4.21 Å². The molecule has 0 aliphatic rings. The number of fused-ring (bicyclic) bond motifs is 1. The zero-order chi connectivity index (χ0) is 17.9. The van der Waals surface area contributed by atoms with E-state index < -0.39 is 11.0 Å². The van der Waals surface area contributed by atoms with Gasteiger partial charge in [-0.05, 0) is 36.4 Å². The summed E-state index contributed by atoms with van der Waals surface area (Å²) in [6.07, 6.45) is 3.53. The van der Waals surface area contributed by atoms with Crippen molar-refractivity contribution >= 4 is 38.2 Å². The zero-order valence-corrected chi connectivity index (χ0v) is 15.1. The second-order valence-electron chi connectivity index (χ2n) is 5.45. The fourth-order valence-electron chi connectivity index (χ4n) is 2.47. The zero-order valence-electron chi connectivity index (χ0n) is 13.4. The van der Waals surface area contributed by atoms with Gasteiger partial charge in [0.25, 0.3) is 0 Å². The van der Waals surface area contributed by atoms with Gasteiger partial charge in [0.15, 0.2) is 0 Å². The van der Waals surface area contributed by atoms with Gasteiger partial charge < -0.3 is 4.72 Å². The van der Waals surface area contributed by atoms with Crippen LogP contribution in [0.15, 0.2) is 71.9 Å². The quantitative estimate of drug-likeness (QED) is 0.574. The number of hydrogen-bond donors (Lipinski definition) is 1. The maximum Gasteiger partial charge on any atom is 0.150 e. The maximum atomic E-state index is 12.5. The first-order chi connectivity index (χ1) is 12.7. The number of anilines is 1. The van der Waals surface area contributed by atoms with E-state index in [0.717, 1.165) is 26.5 Å². The number of nitriles is 1. The first-order valence-electron chi connectivity index (χ1n) is 7.72. The first-order valence-corrected chi connectivity index (χ1v) is 9.69. The Bertz CT molecular complexity index is 1130. The average molecular weight is 376 g/mol. The molecule has 0 aliphatic heterocycles. The molecule has 0 fully saturated rings. The van der Waals surface area contributed by atoms with E-state index in [1.165, 1.54) is 0 Å². The second-order valence-corrected chi connectivity index (χ2v) is 7.70. The van der Waals surface area contributed by atoms with Gasteiger partial charge in [-0.2, -0.15) is 5.26 Å². The molecule has 4 aromatic rings. The molecule has 26 heavy (non-hydrogen) atoms. The monoisotopic (exact) mass is 376 g/mol. The van der Waals surface area contributed by atoms with E-state index >= 15 is 0 Å². The third-order valence-electron chi connectivity index (χ3n) is 3.69. The Labute approximate surface area is 156 Å². The van der Waals surface area contributed by atoms with Gasteiger partial charge in [0, 0.05) is 23.6 Å². The molecule has 2 aromatic carbocycles. The molecule has 126 valence electrons. The minimum absolute atomic E-state index is 0.481. The summed E-state index contributed by atoms with van der Waals surface area (Å²) < 4.78 is 16.5. The summed E-state index contributed by atoms with van der Waals surface area (Å²) in [5.74, 6) is 0. The summed E-state index contributed by atoms with van der Waals surface area (Å²) in [6.45, 7) is 0. The third-order valence-corrected chi connectivity index (χ3v) is 5.85. The second kappa shape index (κ2) is 7.04. The molecule has 1 atom stereocenters. The molecule has 0 amide bonds. The van der Waals surface area contributed by atoms with Crippen LogP contribution >= 0.6 is 11.3 Å². The highest BCUT2D eigenvalue weighted by atomic mass is 32.2. The van der Waals surface area contributed by atoms with Crippen molar-refractivity contribution in [1.82, 2.24) is 9.97 Å². The van der Waals surface area contributed by atoms with Gasteiger partial charge in [0.1, 0.15) is 16.0 Å². The van der Waals surface area contributed by atoms with Crippen molar-refractivity contribution < 1.29 is 4.21 Å². The Kier molecular flexibility index (Phi) is 4.44. The summed E-state index contributed by atoms with van der Waals surface area (Å²) in [5.41, 5.74) is 3.06. The van der Waals surface area contributed by atoms with Crippen LogP contribution in [-0.4, -0.2) is 14.2 Å². The molecule has 4 rings (SSSR count). The Balaban J connectivity index is 1.61. The lowest BCUT2D eigenvalue weighted by atomic mass is 10.2. The van der Waals surface area contributed by atoms with E-state index in [-0.39, 0.29) is 0 Å². The number of nitrogens with one attached hydrogen (secondary N) is 1. The van der Waals surface area contributed by atoms with Crippen LogP contribution in [0.4, 0.5) is 5.69 Å². The van der Waals surface area contributed by atoms with Gasteiger partial charge in [-0.3, -0.25) is 4.98 Å². The summed E-state index contributed by atoms with van der Waals surface area (Å²) in [4.78, 5) is 9.30. The highest BCUT2D eigenvalue weighted by Crippen LogP contribution is 2.31. The Morgan fingerprint density at radius 3 is 2.85 bits per heavy atom. The molecular weight excluding hydrogens is 364 g/mol. The minimum Gasteiger partial charge on any atom is -0.301 e. The summed E-state index contributed by atoms with van der Waals surface area (Å²) >= 11 is 1.57. The number of thiazole rings is 1. The van der Waals surface area contributed by atoms with Crippen molar-refractivity contribution in [1.29, 1.82) is 5.26 Å². The number of rotatable bonds is 4. The molecule has 0 saturated carbocycles. The molecule has 5 nitrogen and oxygen atoms in total. The van der Waals surface area contributed by atoms with Crippen molar-refractivity contribution in [3.05, 3.63) is 72.6 Å². The standard InChI is InChI=1S/C19H12N4OS2/c20-11-13-3-1-6-16(9-13)26(24)23-15-5-2-4-14(10-15)19-22-17-7-8-21-12-18(17)25-19/h1-10,12,23H. The highest BCUT2D eigenvalue weighted by Gasteiger charge is 2.09. The van der Waals surface area contributed by atoms with E-state index in [4.69, 9.17) is 5.26 Å². The normalized spacial score (nSPS) is 11.8. The summed E-state index contributed by atoms with van der Waals surface area (Å²) in [7, 11) is -1.45. The fraction of sp³-hybridized carbons (Fsp3) is 0. The van der Waals surface area contributed by atoms with Crippen LogP contribution in [0.25, 0.3) is 20.8 Å². The molecule has 0 saturated heterocycles. The SMILES string of the molecule is N#Cc1cccc(S(=O)Nc2cccc(-c3nc4ccncc4s3)c2)c1. The van der Waals surface area contributed by atoms with Gasteiger partial charge in [0.05, 0.1) is 26.7 Å². The smallest absolute Gasteiger partial charge is 0.150 e. The molecule has 0 radical (unpaired) electrons. The lowest BCUT2D eigenvalue weighted by Crippen LogP contribution is -2.04. The molecule has 2 aromatic heterocycles. The molecule has 7 heteroatoms. The van der Waals surface area contributed by atoms with Gasteiger partial charge in [-0.1, -0.05) is 18.2 Å². The number of hydrogen-bond acceptors (Lipinski definition) is 5. The summed E-state index contributed by atoms with van der Waals surface area (Å²) in [6, 6.07) is 18.3. The summed E-state index contributed by atoms with van der Waals surface area (Å²) in [5, 5.41) is 9.86. The minimum atomic E-state index is -1.45. The van der Waals surface area contributed by atoms with Gasteiger partial charge >= 0.3 is 0 Å². The van der Waals surface area contributed by atoms with Crippen LogP contribution in [0, 0.1) is 11.3 Å². The van der Waals surface area contributed by atoms with Crippen molar-refractivity contribution in [2.24, 2.45) is 0 Å². The van der Waals surface area contributed by atoms with Crippen LogP contribution in [0.1, 0.15) is 5.56 Å². The predicted octanol–water partition coefficient (Wildman–Crippen LogP) is 4.36. The van der Waals surface area contributed by atoms with Crippen LogP contribution in [0.3, 0.4) is 0 Å². The molecule has 2 heterocycles. The largest absolute Gasteiger partial charge is 0.301 e.